The first-order chi connectivity index (χ1) is 7.59. The third kappa shape index (κ3) is 2.03. The molecule has 1 aromatic rings. The Hall–Kier alpha value is -1.13. The highest BCUT2D eigenvalue weighted by Crippen LogP contribution is 2.29. The summed E-state index contributed by atoms with van der Waals surface area (Å²) in [6, 6.07) is 4.83. The average Bonchev–Trinajstić information content (AvgIpc) is 2.40. The second-order valence-electron chi connectivity index (χ2n) is 3.88. The van der Waals surface area contributed by atoms with Gasteiger partial charge in [-0.3, -0.25) is 9.59 Å². The van der Waals surface area contributed by atoms with Crippen molar-refractivity contribution in [2.24, 2.45) is 5.73 Å². The zero-order valence-corrected chi connectivity index (χ0v) is 9.84. The fraction of sp³-hybridized carbons (Fsp3) is 0.333. The monoisotopic (exact) mass is 235 g/mol. The van der Waals surface area contributed by atoms with E-state index in [1.807, 2.05) is 6.07 Å². The van der Waals surface area contributed by atoms with Crippen LogP contribution in [-0.2, 0) is 0 Å². The van der Waals surface area contributed by atoms with Crippen LogP contribution in [0.15, 0.2) is 23.1 Å². The Balaban J connectivity index is 2.50. The molecule has 0 spiro atoms. The topological polar surface area (TPSA) is 60.2 Å². The van der Waals surface area contributed by atoms with Gasteiger partial charge in [-0.15, -0.1) is 11.8 Å². The molecule has 1 aliphatic heterocycles. The first-order valence-corrected chi connectivity index (χ1v) is 6.15. The lowest BCUT2D eigenvalue weighted by atomic mass is 10.00. The van der Waals surface area contributed by atoms with Gasteiger partial charge in [-0.1, -0.05) is 6.07 Å². The number of thioether (sulfide) groups is 1. The molecular formula is C12H13NO2S. The molecule has 1 unspecified atom stereocenters. The Bertz CT molecular complexity index is 456. The van der Waals surface area contributed by atoms with Gasteiger partial charge in [0.2, 0.25) is 0 Å². The van der Waals surface area contributed by atoms with E-state index in [0.717, 1.165) is 10.6 Å². The summed E-state index contributed by atoms with van der Waals surface area (Å²) in [7, 11) is 0. The molecule has 0 fully saturated rings. The van der Waals surface area contributed by atoms with Crippen LogP contribution >= 0.6 is 11.8 Å². The molecule has 4 heteroatoms. The van der Waals surface area contributed by atoms with Crippen molar-refractivity contribution in [3.63, 3.8) is 0 Å². The summed E-state index contributed by atoms with van der Waals surface area (Å²) in [5, 5.41) is 0. The Morgan fingerprint density at radius 2 is 2.25 bits per heavy atom. The number of hydrogen-bond acceptors (Lipinski definition) is 4. The van der Waals surface area contributed by atoms with Gasteiger partial charge in [0.1, 0.15) is 0 Å². The number of benzene rings is 1. The minimum absolute atomic E-state index is 0.0292. The maximum atomic E-state index is 12.0. The summed E-state index contributed by atoms with van der Waals surface area (Å²) in [6.45, 7) is 1.50. The zero-order valence-electron chi connectivity index (χ0n) is 9.03. The molecule has 0 aliphatic carbocycles. The van der Waals surface area contributed by atoms with E-state index in [0.29, 0.717) is 17.5 Å². The van der Waals surface area contributed by atoms with Gasteiger partial charge in [-0.05, 0) is 31.2 Å². The summed E-state index contributed by atoms with van der Waals surface area (Å²) >= 11 is 1.63. The predicted molar refractivity (Wildman–Crippen MR) is 64.1 cm³/mol. The van der Waals surface area contributed by atoms with E-state index in [1.165, 1.54) is 6.92 Å². The zero-order chi connectivity index (χ0) is 11.7. The average molecular weight is 235 g/mol. The molecule has 16 heavy (non-hydrogen) atoms. The van der Waals surface area contributed by atoms with E-state index in [9.17, 15) is 9.59 Å². The third-order valence-corrected chi connectivity index (χ3v) is 3.78. The third-order valence-electron chi connectivity index (χ3n) is 2.67. The molecule has 0 amide bonds. The first-order valence-electron chi connectivity index (χ1n) is 5.17. The van der Waals surface area contributed by atoms with Gasteiger partial charge in [0, 0.05) is 16.0 Å². The second kappa shape index (κ2) is 4.39. The molecule has 2 rings (SSSR count). The predicted octanol–water partition coefficient (Wildman–Crippen LogP) is 1.90. The largest absolute Gasteiger partial charge is 0.321 e. The molecule has 84 valence electrons. The maximum absolute atomic E-state index is 12.0. The molecule has 0 saturated carbocycles. The van der Waals surface area contributed by atoms with Crippen LogP contribution in [0.2, 0.25) is 0 Å². The maximum Gasteiger partial charge on any atom is 0.180 e. The summed E-state index contributed by atoms with van der Waals surface area (Å²) < 4.78 is 0. The van der Waals surface area contributed by atoms with Gasteiger partial charge in [0.15, 0.2) is 11.6 Å². The Morgan fingerprint density at radius 1 is 1.50 bits per heavy atom. The minimum atomic E-state index is -0.434. The van der Waals surface area contributed by atoms with Crippen LogP contribution in [0.5, 0.6) is 0 Å². The number of rotatable bonds is 1. The normalized spacial score (nSPS) is 20.1. The van der Waals surface area contributed by atoms with Crippen molar-refractivity contribution < 1.29 is 9.59 Å². The molecule has 1 aliphatic rings. The van der Waals surface area contributed by atoms with Gasteiger partial charge < -0.3 is 5.73 Å². The number of carbonyl (C=O) groups is 2. The van der Waals surface area contributed by atoms with Gasteiger partial charge in [0.05, 0.1) is 6.04 Å². The fourth-order valence-corrected chi connectivity index (χ4v) is 2.77. The molecule has 2 N–H and O–H groups in total. The van der Waals surface area contributed by atoms with Gasteiger partial charge >= 0.3 is 0 Å². The lowest BCUT2D eigenvalue weighted by Crippen LogP contribution is -2.30. The van der Waals surface area contributed by atoms with Crippen molar-refractivity contribution in [2.75, 3.05) is 5.75 Å². The van der Waals surface area contributed by atoms with Gasteiger partial charge in [0.25, 0.3) is 0 Å². The number of Topliss-reactive ketones (excluding diaryl/α,β-unsaturated/α-hetero) is 2. The van der Waals surface area contributed by atoms with Gasteiger partial charge in [-0.2, -0.15) is 0 Å². The molecule has 3 nitrogen and oxygen atoms in total. The van der Waals surface area contributed by atoms with Crippen LogP contribution in [0, 0.1) is 0 Å². The number of nitrogens with two attached hydrogens (primary N) is 1. The summed E-state index contributed by atoms with van der Waals surface area (Å²) in [5.41, 5.74) is 6.94. The van der Waals surface area contributed by atoms with Crippen molar-refractivity contribution in [2.45, 2.75) is 24.3 Å². The number of hydrogen-bond donors (Lipinski definition) is 1. The first kappa shape index (κ1) is 11.4. The molecule has 0 saturated heterocycles. The van der Waals surface area contributed by atoms with Crippen molar-refractivity contribution in [3.05, 3.63) is 29.3 Å². The molecule has 0 aromatic heterocycles. The van der Waals surface area contributed by atoms with Crippen LogP contribution in [0.1, 0.15) is 34.1 Å². The van der Waals surface area contributed by atoms with E-state index < -0.39 is 6.04 Å². The number of ketones is 2. The van der Waals surface area contributed by atoms with Crippen molar-refractivity contribution in [3.8, 4) is 0 Å². The number of carbonyl (C=O) groups excluding carboxylic acids is 2. The minimum Gasteiger partial charge on any atom is -0.321 e. The van der Waals surface area contributed by atoms with E-state index >= 15 is 0 Å². The quantitative estimate of drug-likeness (QED) is 0.755. The second-order valence-corrected chi connectivity index (χ2v) is 5.01. The molecule has 1 atom stereocenters. The van der Waals surface area contributed by atoms with E-state index in [4.69, 9.17) is 5.73 Å². The Kier molecular flexibility index (Phi) is 3.12. The molecule has 1 heterocycles. The van der Waals surface area contributed by atoms with Gasteiger partial charge in [-0.25, -0.2) is 0 Å². The van der Waals surface area contributed by atoms with Crippen LogP contribution < -0.4 is 5.73 Å². The molecule has 0 radical (unpaired) electrons. The molecule has 1 aromatic carbocycles. The van der Waals surface area contributed by atoms with Crippen LogP contribution in [0.4, 0.5) is 0 Å². The summed E-state index contributed by atoms with van der Waals surface area (Å²) in [4.78, 5) is 24.2. The summed E-state index contributed by atoms with van der Waals surface area (Å²) in [6.07, 6.45) is 0.688. The van der Waals surface area contributed by atoms with Crippen LogP contribution in [0.25, 0.3) is 0 Å². The van der Waals surface area contributed by atoms with Crippen LogP contribution in [-0.4, -0.2) is 23.4 Å². The van der Waals surface area contributed by atoms with Crippen molar-refractivity contribution in [1.82, 2.24) is 0 Å². The van der Waals surface area contributed by atoms with E-state index in [-0.39, 0.29) is 11.6 Å². The number of fused-ring (bicyclic) bond motifs is 1. The fourth-order valence-electron chi connectivity index (χ4n) is 1.69. The Morgan fingerprint density at radius 3 is 2.94 bits per heavy atom. The van der Waals surface area contributed by atoms with Crippen molar-refractivity contribution >= 4 is 23.3 Å². The smallest absolute Gasteiger partial charge is 0.180 e. The highest BCUT2D eigenvalue weighted by Gasteiger charge is 2.23. The highest BCUT2D eigenvalue weighted by atomic mass is 32.2. The summed E-state index contributed by atoms with van der Waals surface area (Å²) in [5.74, 6) is 0.765. The standard InChI is InChI=1S/C12H13NO2S/c1-7(14)8-2-3-11-9(6-8)12(15)10(13)4-5-16-11/h2-3,6,10H,4-5,13H2,1H3. The van der Waals surface area contributed by atoms with Crippen molar-refractivity contribution in [1.29, 1.82) is 0 Å². The van der Waals surface area contributed by atoms with E-state index in [1.54, 1.807) is 23.9 Å². The lowest BCUT2D eigenvalue weighted by molar-refractivity contribution is 0.0958. The Labute approximate surface area is 98.4 Å². The highest BCUT2D eigenvalue weighted by molar-refractivity contribution is 7.99. The molecule has 0 bridgehead atoms. The lowest BCUT2D eigenvalue weighted by Gasteiger charge is -2.08. The molecular weight excluding hydrogens is 222 g/mol. The van der Waals surface area contributed by atoms with E-state index in [2.05, 4.69) is 0 Å². The SMILES string of the molecule is CC(=O)c1ccc2c(c1)C(=O)C(N)CCS2. The van der Waals surface area contributed by atoms with Crippen LogP contribution in [0.3, 0.4) is 0 Å².